The van der Waals surface area contributed by atoms with Gasteiger partial charge in [-0.2, -0.15) is 4.98 Å². The van der Waals surface area contributed by atoms with Gasteiger partial charge in [-0.15, -0.1) is 12.4 Å². The van der Waals surface area contributed by atoms with Crippen LogP contribution in [0.15, 0.2) is 4.52 Å². The van der Waals surface area contributed by atoms with E-state index >= 15 is 0 Å². The summed E-state index contributed by atoms with van der Waals surface area (Å²) < 4.78 is 5.23. The fourth-order valence-corrected chi connectivity index (χ4v) is 2.70. The molecule has 1 saturated heterocycles. The second-order valence-electron chi connectivity index (χ2n) is 6.04. The Balaban J connectivity index is 0.00000220. The van der Waals surface area contributed by atoms with Crippen molar-refractivity contribution in [3.8, 4) is 0 Å². The van der Waals surface area contributed by atoms with Gasteiger partial charge in [0.15, 0.2) is 5.82 Å². The predicted molar refractivity (Wildman–Crippen MR) is 82.3 cm³/mol. The predicted octanol–water partition coefficient (Wildman–Crippen LogP) is 1.88. The first-order chi connectivity index (χ1) is 9.47. The van der Waals surface area contributed by atoms with E-state index in [1.807, 2.05) is 4.90 Å². The summed E-state index contributed by atoms with van der Waals surface area (Å²) in [5.74, 6) is 1.88. The molecular weight excluding hydrogens is 292 g/mol. The smallest absolute Gasteiger partial charge is 0.239 e. The fraction of sp³-hybridized carbons (Fsp3) is 0.786. The lowest BCUT2D eigenvalue weighted by Gasteiger charge is -2.33. The minimum atomic E-state index is -0.404. The van der Waals surface area contributed by atoms with Gasteiger partial charge in [0.1, 0.15) is 0 Å². The number of likely N-dealkylation sites (tertiary alicyclic amines) is 1. The zero-order valence-corrected chi connectivity index (χ0v) is 13.7. The van der Waals surface area contributed by atoms with E-state index < -0.39 is 6.04 Å². The normalized spacial score (nSPS) is 20.2. The van der Waals surface area contributed by atoms with Crippen LogP contribution in [0.1, 0.15) is 50.7 Å². The van der Waals surface area contributed by atoms with Crippen LogP contribution in [0, 0.1) is 12.8 Å². The van der Waals surface area contributed by atoms with Gasteiger partial charge in [-0.3, -0.25) is 4.79 Å². The molecule has 0 radical (unpaired) electrons. The van der Waals surface area contributed by atoms with Gasteiger partial charge in [0, 0.05) is 13.1 Å². The number of nitrogens with two attached hydrogens (primary N) is 1. The largest absolute Gasteiger partial charge is 0.341 e. The van der Waals surface area contributed by atoms with Crippen molar-refractivity contribution in [3.05, 3.63) is 11.7 Å². The Kier molecular flexibility index (Phi) is 6.61. The average Bonchev–Trinajstić information content (AvgIpc) is 2.84. The molecule has 6 nitrogen and oxygen atoms in total. The summed E-state index contributed by atoms with van der Waals surface area (Å²) in [5.41, 5.74) is 5.99. The minimum Gasteiger partial charge on any atom is -0.341 e. The van der Waals surface area contributed by atoms with E-state index in [2.05, 4.69) is 24.0 Å². The highest BCUT2D eigenvalue weighted by atomic mass is 35.5. The van der Waals surface area contributed by atoms with Gasteiger partial charge in [-0.25, -0.2) is 0 Å². The number of piperidine rings is 1. The van der Waals surface area contributed by atoms with Crippen molar-refractivity contribution in [2.45, 2.75) is 52.0 Å². The van der Waals surface area contributed by atoms with Crippen LogP contribution in [0.5, 0.6) is 0 Å². The number of halogens is 1. The van der Waals surface area contributed by atoms with E-state index in [9.17, 15) is 4.79 Å². The molecule has 2 atom stereocenters. The molecule has 120 valence electrons. The molecule has 7 heteroatoms. The lowest BCUT2D eigenvalue weighted by molar-refractivity contribution is -0.134. The molecule has 1 aromatic rings. The summed E-state index contributed by atoms with van der Waals surface area (Å²) in [4.78, 5) is 18.5. The number of aromatic nitrogens is 2. The molecule has 1 aliphatic rings. The molecule has 0 saturated carbocycles. The Labute approximate surface area is 131 Å². The van der Waals surface area contributed by atoms with Crippen LogP contribution >= 0.6 is 12.4 Å². The van der Waals surface area contributed by atoms with E-state index in [-0.39, 0.29) is 24.2 Å². The first kappa shape index (κ1) is 17.9. The Morgan fingerprint density at radius 3 is 2.81 bits per heavy atom. The third-order valence-electron chi connectivity index (χ3n) is 3.67. The second-order valence-corrected chi connectivity index (χ2v) is 6.04. The van der Waals surface area contributed by atoms with Crippen molar-refractivity contribution in [2.24, 2.45) is 11.7 Å². The Hall–Kier alpha value is -1.14. The van der Waals surface area contributed by atoms with Crippen LogP contribution in [-0.4, -0.2) is 40.1 Å². The maximum absolute atomic E-state index is 12.3. The topological polar surface area (TPSA) is 85.2 Å². The standard InChI is InChI=1S/C14H24N4O2.ClH/c1-9(2)7-12(15)14(19)18-6-4-5-11(8-18)13-16-10(3)17-20-13;/h9,11-12H,4-8,15H2,1-3H3;1H/t11?,12-;/m0./s1. The quantitative estimate of drug-likeness (QED) is 0.916. The number of hydrogen-bond donors (Lipinski definition) is 1. The highest BCUT2D eigenvalue weighted by molar-refractivity contribution is 5.85. The van der Waals surface area contributed by atoms with Crippen LogP contribution in [0.4, 0.5) is 0 Å². The third kappa shape index (κ3) is 4.68. The van der Waals surface area contributed by atoms with Gasteiger partial charge in [-0.05, 0) is 32.1 Å². The lowest BCUT2D eigenvalue weighted by Crippen LogP contribution is -2.48. The van der Waals surface area contributed by atoms with Gasteiger partial charge in [0.05, 0.1) is 12.0 Å². The highest BCUT2D eigenvalue weighted by Gasteiger charge is 2.30. The summed E-state index contributed by atoms with van der Waals surface area (Å²) in [6.45, 7) is 7.36. The molecule has 2 heterocycles. The van der Waals surface area contributed by atoms with E-state index in [0.29, 0.717) is 24.2 Å². The summed E-state index contributed by atoms with van der Waals surface area (Å²) in [6, 6.07) is -0.404. The van der Waals surface area contributed by atoms with Crippen molar-refractivity contribution in [3.63, 3.8) is 0 Å². The summed E-state index contributed by atoms with van der Waals surface area (Å²) >= 11 is 0. The van der Waals surface area contributed by atoms with E-state index in [0.717, 1.165) is 25.8 Å². The molecule has 1 unspecified atom stereocenters. The maximum Gasteiger partial charge on any atom is 0.239 e. The molecule has 0 spiro atoms. The number of rotatable bonds is 4. The molecule has 1 fully saturated rings. The monoisotopic (exact) mass is 316 g/mol. The van der Waals surface area contributed by atoms with Gasteiger partial charge in [0.2, 0.25) is 11.8 Å². The zero-order chi connectivity index (χ0) is 14.7. The van der Waals surface area contributed by atoms with Crippen LogP contribution in [0.3, 0.4) is 0 Å². The molecule has 1 aromatic heterocycles. The number of amides is 1. The molecule has 2 N–H and O–H groups in total. The molecule has 0 aromatic carbocycles. The third-order valence-corrected chi connectivity index (χ3v) is 3.67. The second kappa shape index (κ2) is 7.75. The van der Waals surface area contributed by atoms with Gasteiger partial charge >= 0.3 is 0 Å². The van der Waals surface area contributed by atoms with Crippen molar-refractivity contribution >= 4 is 18.3 Å². The number of carbonyl (C=O) groups is 1. The van der Waals surface area contributed by atoms with E-state index in [1.54, 1.807) is 6.92 Å². The highest BCUT2D eigenvalue weighted by Crippen LogP contribution is 2.26. The summed E-state index contributed by atoms with van der Waals surface area (Å²) in [5, 5.41) is 3.82. The average molecular weight is 317 g/mol. The molecule has 0 aliphatic carbocycles. The van der Waals surface area contributed by atoms with Crippen LogP contribution in [0.2, 0.25) is 0 Å². The van der Waals surface area contributed by atoms with E-state index in [4.69, 9.17) is 10.3 Å². The Morgan fingerprint density at radius 2 is 2.24 bits per heavy atom. The van der Waals surface area contributed by atoms with Gasteiger partial charge < -0.3 is 15.2 Å². The fourth-order valence-electron chi connectivity index (χ4n) is 2.70. The van der Waals surface area contributed by atoms with Gasteiger partial charge in [0.25, 0.3) is 0 Å². The van der Waals surface area contributed by atoms with Crippen molar-refractivity contribution in [2.75, 3.05) is 13.1 Å². The van der Waals surface area contributed by atoms with Crippen LogP contribution < -0.4 is 5.73 Å². The molecule has 2 rings (SSSR count). The maximum atomic E-state index is 12.3. The summed E-state index contributed by atoms with van der Waals surface area (Å²) in [7, 11) is 0. The first-order valence-electron chi connectivity index (χ1n) is 7.32. The molecule has 0 bridgehead atoms. The number of nitrogens with zero attached hydrogens (tertiary/aromatic N) is 3. The number of hydrogen-bond acceptors (Lipinski definition) is 5. The van der Waals surface area contributed by atoms with Crippen molar-refractivity contribution in [1.29, 1.82) is 0 Å². The van der Waals surface area contributed by atoms with Crippen molar-refractivity contribution in [1.82, 2.24) is 15.0 Å². The molecule has 1 aliphatic heterocycles. The molecule has 21 heavy (non-hydrogen) atoms. The minimum absolute atomic E-state index is 0. The first-order valence-corrected chi connectivity index (χ1v) is 7.32. The van der Waals surface area contributed by atoms with Crippen molar-refractivity contribution < 1.29 is 9.32 Å². The number of carbonyl (C=O) groups excluding carboxylic acids is 1. The van der Waals surface area contributed by atoms with Gasteiger partial charge in [-0.1, -0.05) is 19.0 Å². The number of aryl methyl sites for hydroxylation is 1. The molecule has 1 amide bonds. The van der Waals surface area contributed by atoms with E-state index in [1.165, 1.54) is 0 Å². The Morgan fingerprint density at radius 1 is 1.52 bits per heavy atom. The Bertz CT molecular complexity index is 464. The zero-order valence-electron chi connectivity index (χ0n) is 12.9. The lowest BCUT2D eigenvalue weighted by atomic mass is 9.96. The molecular formula is C14H25ClN4O2. The summed E-state index contributed by atoms with van der Waals surface area (Å²) in [6.07, 6.45) is 2.65. The van der Waals surface area contributed by atoms with Crippen LogP contribution in [-0.2, 0) is 4.79 Å². The SMILES string of the molecule is Cc1noc(C2CCCN(C(=O)[C@@H](N)CC(C)C)C2)n1.Cl. The van der Waals surface area contributed by atoms with Crippen LogP contribution in [0.25, 0.3) is 0 Å².